The molecule has 0 fully saturated rings. The van der Waals surface area contributed by atoms with Crippen molar-refractivity contribution in [3.05, 3.63) is 70.7 Å². The number of nitrogens with one attached hydrogen (secondary N) is 1. The number of thiophene rings is 1. The standard InChI is InChI=1S/C17H16N2O2S2/c1-13-2-4-17(5-3-13)23(20,21)19-10-14-8-16(11-18-9-14)15-6-7-22-12-15/h2-9,11-12,19H,10H2,1H3. The molecule has 23 heavy (non-hydrogen) atoms. The second kappa shape index (κ2) is 6.62. The minimum atomic E-state index is -3.52. The smallest absolute Gasteiger partial charge is 0.240 e. The van der Waals surface area contributed by atoms with Crippen molar-refractivity contribution in [3.63, 3.8) is 0 Å². The molecule has 0 spiro atoms. The van der Waals surface area contributed by atoms with Crippen molar-refractivity contribution in [2.75, 3.05) is 0 Å². The molecule has 0 saturated heterocycles. The molecule has 4 nitrogen and oxygen atoms in total. The highest BCUT2D eigenvalue weighted by Gasteiger charge is 2.13. The predicted molar refractivity (Wildman–Crippen MR) is 92.8 cm³/mol. The SMILES string of the molecule is Cc1ccc(S(=O)(=O)NCc2cncc(-c3ccsc3)c2)cc1. The van der Waals surface area contributed by atoms with E-state index in [2.05, 4.69) is 9.71 Å². The number of hydrogen-bond donors (Lipinski definition) is 1. The second-order valence-electron chi connectivity index (χ2n) is 5.23. The van der Waals surface area contributed by atoms with Crippen molar-refractivity contribution in [3.8, 4) is 11.1 Å². The van der Waals surface area contributed by atoms with Crippen LogP contribution in [0.5, 0.6) is 0 Å². The number of benzene rings is 1. The van der Waals surface area contributed by atoms with E-state index in [4.69, 9.17) is 0 Å². The van der Waals surface area contributed by atoms with E-state index in [1.165, 1.54) is 0 Å². The molecule has 118 valence electrons. The summed E-state index contributed by atoms with van der Waals surface area (Å²) >= 11 is 1.62. The number of pyridine rings is 1. The summed E-state index contributed by atoms with van der Waals surface area (Å²) in [5.41, 5.74) is 3.92. The van der Waals surface area contributed by atoms with Gasteiger partial charge in [0, 0.05) is 24.5 Å². The lowest BCUT2D eigenvalue weighted by Crippen LogP contribution is -2.23. The third-order valence-electron chi connectivity index (χ3n) is 3.45. The van der Waals surface area contributed by atoms with Crippen molar-refractivity contribution in [2.45, 2.75) is 18.4 Å². The highest BCUT2D eigenvalue weighted by molar-refractivity contribution is 7.89. The zero-order valence-corrected chi connectivity index (χ0v) is 14.2. The summed E-state index contributed by atoms with van der Waals surface area (Å²) in [5, 5.41) is 4.04. The van der Waals surface area contributed by atoms with Crippen molar-refractivity contribution < 1.29 is 8.42 Å². The fourth-order valence-electron chi connectivity index (χ4n) is 2.15. The van der Waals surface area contributed by atoms with Gasteiger partial charge in [-0.1, -0.05) is 17.7 Å². The average molecular weight is 344 g/mol. The fraction of sp³-hybridized carbons (Fsp3) is 0.118. The lowest BCUT2D eigenvalue weighted by atomic mass is 10.1. The Labute approximate surface area is 139 Å². The third kappa shape index (κ3) is 3.85. The van der Waals surface area contributed by atoms with Crippen molar-refractivity contribution in [2.24, 2.45) is 0 Å². The van der Waals surface area contributed by atoms with Gasteiger partial charge < -0.3 is 0 Å². The van der Waals surface area contributed by atoms with Gasteiger partial charge in [0.25, 0.3) is 0 Å². The van der Waals surface area contributed by atoms with E-state index in [1.54, 1.807) is 48.0 Å². The van der Waals surface area contributed by atoms with Crippen LogP contribution in [0.4, 0.5) is 0 Å². The van der Waals surface area contributed by atoms with Gasteiger partial charge in [0.2, 0.25) is 10.0 Å². The summed E-state index contributed by atoms with van der Waals surface area (Å²) in [5.74, 6) is 0. The maximum atomic E-state index is 12.3. The van der Waals surface area contributed by atoms with E-state index in [9.17, 15) is 8.42 Å². The Balaban J connectivity index is 1.75. The Morgan fingerprint density at radius 3 is 2.57 bits per heavy atom. The molecule has 1 aromatic carbocycles. The Kier molecular flexibility index (Phi) is 4.56. The summed E-state index contributed by atoms with van der Waals surface area (Å²) in [6.07, 6.45) is 3.45. The second-order valence-corrected chi connectivity index (χ2v) is 7.78. The molecule has 0 bridgehead atoms. The Bertz CT molecular complexity index is 887. The fourth-order valence-corrected chi connectivity index (χ4v) is 3.83. The van der Waals surface area contributed by atoms with E-state index in [0.717, 1.165) is 22.3 Å². The molecule has 1 N–H and O–H groups in total. The molecule has 0 amide bonds. The maximum Gasteiger partial charge on any atom is 0.240 e. The summed E-state index contributed by atoms with van der Waals surface area (Å²) in [6, 6.07) is 10.8. The first-order valence-corrected chi connectivity index (χ1v) is 9.50. The van der Waals surface area contributed by atoms with Crippen LogP contribution in [0.15, 0.2) is 64.4 Å². The predicted octanol–water partition coefficient (Wildman–Crippen LogP) is 3.60. The lowest BCUT2D eigenvalue weighted by molar-refractivity contribution is 0.581. The first-order chi connectivity index (χ1) is 11.0. The lowest BCUT2D eigenvalue weighted by Gasteiger charge is -2.08. The molecule has 0 radical (unpaired) electrons. The Morgan fingerprint density at radius 1 is 1.09 bits per heavy atom. The zero-order valence-electron chi connectivity index (χ0n) is 12.6. The molecule has 0 aliphatic rings. The van der Waals surface area contributed by atoms with E-state index in [0.29, 0.717) is 0 Å². The van der Waals surface area contributed by atoms with Crippen LogP contribution in [0.25, 0.3) is 11.1 Å². The topological polar surface area (TPSA) is 59.1 Å². The van der Waals surface area contributed by atoms with Crippen molar-refractivity contribution in [1.29, 1.82) is 0 Å². The molecular weight excluding hydrogens is 328 g/mol. The highest BCUT2D eigenvalue weighted by atomic mass is 32.2. The first-order valence-electron chi connectivity index (χ1n) is 7.07. The van der Waals surface area contributed by atoms with Crippen LogP contribution in [0, 0.1) is 6.92 Å². The Hall–Kier alpha value is -2.02. The van der Waals surface area contributed by atoms with Crippen LogP contribution in [0.2, 0.25) is 0 Å². The normalized spacial score (nSPS) is 11.5. The minimum Gasteiger partial charge on any atom is -0.264 e. The molecule has 3 rings (SSSR count). The number of aryl methyl sites for hydroxylation is 1. The number of aromatic nitrogens is 1. The Morgan fingerprint density at radius 2 is 1.87 bits per heavy atom. The summed E-state index contributed by atoms with van der Waals surface area (Å²) in [6.45, 7) is 2.13. The molecule has 0 saturated carbocycles. The molecule has 0 aliphatic heterocycles. The van der Waals surface area contributed by atoms with Gasteiger partial charge in [0.15, 0.2) is 0 Å². The largest absolute Gasteiger partial charge is 0.264 e. The minimum absolute atomic E-state index is 0.210. The van der Waals surface area contributed by atoms with Gasteiger partial charge >= 0.3 is 0 Å². The van der Waals surface area contributed by atoms with Gasteiger partial charge in [0.05, 0.1) is 4.90 Å². The molecule has 3 aromatic rings. The first kappa shape index (κ1) is 15.9. The van der Waals surface area contributed by atoms with Gasteiger partial charge in [-0.05, 0) is 53.1 Å². The molecule has 2 aromatic heterocycles. The molecule has 0 aliphatic carbocycles. The summed E-state index contributed by atoms with van der Waals surface area (Å²) in [7, 11) is -3.52. The van der Waals surface area contributed by atoms with Gasteiger partial charge in [-0.25, -0.2) is 13.1 Å². The maximum absolute atomic E-state index is 12.3. The van der Waals surface area contributed by atoms with Gasteiger partial charge in [0.1, 0.15) is 0 Å². The van der Waals surface area contributed by atoms with E-state index in [1.807, 2.05) is 29.8 Å². The van der Waals surface area contributed by atoms with Crippen LogP contribution in [0.3, 0.4) is 0 Å². The van der Waals surface area contributed by atoms with E-state index < -0.39 is 10.0 Å². The zero-order chi connectivity index (χ0) is 16.3. The van der Waals surface area contributed by atoms with Crippen molar-refractivity contribution >= 4 is 21.4 Å². The van der Waals surface area contributed by atoms with Crippen LogP contribution in [-0.2, 0) is 16.6 Å². The molecular formula is C17H16N2O2S2. The quantitative estimate of drug-likeness (QED) is 0.769. The van der Waals surface area contributed by atoms with Gasteiger partial charge in [-0.3, -0.25) is 4.98 Å². The van der Waals surface area contributed by atoms with Crippen LogP contribution in [0.1, 0.15) is 11.1 Å². The van der Waals surface area contributed by atoms with Crippen LogP contribution in [-0.4, -0.2) is 13.4 Å². The van der Waals surface area contributed by atoms with Gasteiger partial charge in [-0.2, -0.15) is 11.3 Å². The number of rotatable bonds is 5. The summed E-state index contributed by atoms with van der Waals surface area (Å²) in [4.78, 5) is 4.46. The number of nitrogens with zero attached hydrogens (tertiary/aromatic N) is 1. The molecule has 6 heteroatoms. The van der Waals surface area contributed by atoms with Crippen LogP contribution < -0.4 is 4.72 Å². The monoisotopic (exact) mass is 344 g/mol. The number of hydrogen-bond acceptors (Lipinski definition) is 4. The van der Waals surface area contributed by atoms with Gasteiger partial charge in [-0.15, -0.1) is 0 Å². The van der Waals surface area contributed by atoms with Crippen molar-refractivity contribution in [1.82, 2.24) is 9.71 Å². The highest BCUT2D eigenvalue weighted by Crippen LogP contribution is 2.22. The number of sulfonamides is 1. The molecule has 0 unspecified atom stereocenters. The molecule has 2 heterocycles. The van der Waals surface area contributed by atoms with E-state index >= 15 is 0 Å². The summed E-state index contributed by atoms with van der Waals surface area (Å²) < 4.78 is 27.2. The molecule has 0 atom stereocenters. The van der Waals surface area contributed by atoms with Crippen LogP contribution >= 0.6 is 11.3 Å². The third-order valence-corrected chi connectivity index (χ3v) is 5.55. The van der Waals surface area contributed by atoms with E-state index in [-0.39, 0.29) is 11.4 Å². The average Bonchev–Trinajstić information content (AvgIpc) is 3.08.